The summed E-state index contributed by atoms with van der Waals surface area (Å²) in [5.41, 5.74) is -0.145. The van der Waals surface area contributed by atoms with Crippen molar-refractivity contribution < 1.29 is 14.3 Å². The smallest absolute Gasteiger partial charge is 0.191 e. The van der Waals surface area contributed by atoms with Gasteiger partial charge in [-0.15, -0.1) is 24.0 Å². The van der Waals surface area contributed by atoms with Crippen molar-refractivity contribution in [3.8, 4) is 0 Å². The average Bonchev–Trinajstić information content (AvgIpc) is 3.35. The van der Waals surface area contributed by atoms with Gasteiger partial charge in [0.25, 0.3) is 0 Å². The van der Waals surface area contributed by atoms with Gasteiger partial charge in [-0.3, -0.25) is 4.90 Å². The van der Waals surface area contributed by atoms with Crippen LogP contribution in [0.5, 0.6) is 0 Å². The molecule has 1 aromatic rings. The molecule has 0 amide bonds. The Bertz CT molecular complexity index is 693. The molecule has 1 aromatic heterocycles. The second-order valence-corrected chi connectivity index (χ2v) is 8.68. The highest BCUT2D eigenvalue weighted by Crippen LogP contribution is 2.31. The molecule has 30 heavy (non-hydrogen) atoms. The van der Waals surface area contributed by atoms with Crippen molar-refractivity contribution in [2.24, 2.45) is 4.99 Å². The normalized spacial score (nSPS) is 21.7. The fourth-order valence-electron chi connectivity index (χ4n) is 4.62. The van der Waals surface area contributed by atoms with E-state index in [9.17, 15) is 5.11 Å². The fourth-order valence-corrected chi connectivity index (χ4v) is 4.62. The minimum atomic E-state index is -1.07. The first kappa shape index (κ1) is 25.4. The van der Waals surface area contributed by atoms with Crippen LogP contribution in [-0.2, 0) is 10.3 Å². The van der Waals surface area contributed by atoms with Crippen LogP contribution >= 0.6 is 24.0 Å². The van der Waals surface area contributed by atoms with E-state index in [-0.39, 0.29) is 36.1 Å². The molecule has 1 atom stereocenters. The second-order valence-electron chi connectivity index (χ2n) is 8.68. The summed E-state index contributed by atoms with van der Waals surface area (Å²) < 4.78 is 11.2. The molecule has 1 unspecified atom stereocenters. The minimum absolute atomic E-state index is 0. The largest absolute Gasteiger partial charge is 0.466 e. The molecule has 0 radical (unpaired) electrons. The third kappa shape index (κ3) is 6.11. The lowest BCUT2D eigenvalue weighted by atomic mass is 9.88. The fraction of sp³-hybridized carbons (Fsp3) is 0.773. The van der Waals surface area contributed by atoms with Gasteiger partial charge in [-0.1, -0.05) is 0 Å². The van der Waals surface area contributed by atoms with E-state index in [4.69, 9.17) is 14.1 Å². The summed E-state index contributed by atoms with van der Waals surface area (Å²) in [6.07, 6.45) is 4.65. The number of hydrogen-bond acceptors (Lipinski definition) is 5. The number of aliphatic imine (C=N–C) groups is 1. The number of likely N-dealkylation sites (tertiary alicyclic amines) is 1. The van der Waals surface area contributed by atoms with Gasteiger partial charge in [0.1, 0.15) is 17.1 Å². The van der Waals surface area contributed by atoms with Gasteiger partial charge in [0, 0.05) is 37.4 Å². The summed E-state index contributed by atoms with van der Waals surface area (Å²) in [5, 5.41) is 17.9. The van der Waals surface area contributed by atoms with Gasteiger partial charge >= 0.3 is 0 Å². The molecule has 2 aliphatic heterocycles. The molecule has 0 aromatic carbocycles. The van der Waals surface area contributed by atoms with Crippen LogP contribution in [-0.4, -0.2) is 67.4 Å². The zero-order chi connectivity index (χ0) is 20.9. The molecule has 2 aliphatic rings. The van der Waals surface area contributed by atoms with Gasteiger partial charge in [0.05, 0.1) is 6.54 Å². The Morgan fingerprint density at radius 3 is 2.47 bits per heavy atom. The maximum atomic E-state index is 11.0. The summed E-state index contributed by atoms with van der Waals surface area (Å²) >= 11 is 0. The Kier molecular flexibility index (Phi) is 9.45. The molecule has 0 bridgehead atoms. The van der Waals surface area contributed by atoms with Gasteiger partial charge in [0.15, 0.2) is 5.96 Å². The number of halogens is 1. The zero-order valence-electron chi connectivity index (χ0n) is 18.9. The number of guanidine groups is 1. The molecule has 8 heteroatoms. The van der Waals surface area contributed by atoms with E-state index in [0.717, 1.165) is 62.2 Å². The van der Waals surface area contributed by atoms with Crippen LogP contribution in [0.15, 0.2) is 15.5 Å². The van der Waals surface area contributed by atoms with E-state index in [0.29, 0.717) is 0 Å². The van der Waals surface area contributed by atoms with Crippen molar-refractivity contribution in [3.63, 3.8) is 0 Å². The first-order valence-corrected chi connectivity index (χ1v) is 11.0. The summed E-state index contributed by atoms with van der Waals surface area (Å²) in [6, 6.07) is 1.90. The van der Waals surface area contributed by atoms with Crippen LogP contribution in [0.4, 0.5) is 0 Å². The molecule has 7 nitrogen and oxygen atoms in total. The second kappa shape index (κ2) is 11.2. The summed E-state index contributed by atoms with van der Waals surface area (Å²) in [5.74, 6) is 2.30. The number of aliphatic hydroxyl groups is 1. The lowest BCUT2D eigenvalue weighted by Gasteiger charge is -2.45. The lowest BCUT2D eigenvalue weighted by Crippen LogP contribution is -2.58. The van der Waals surface area contributed by atoms with Gasteiger partial charge < -0.3 is 24.9 Å². The average molecular weight is 534 g/mol. The molecule has 3 heterocycles. The highest BCUT2D eigenvalue weighted by atomic mass is 127. The summed E-state index contributed by atoms with van der Waals surface area (Å²) in [6.45, 7) is 13.5. The van der Waals surface area contributed by atoms with Crippen LogP contribution in [0, 0.1) is 13.8 Å². The van der Waals surface area contributed by atoms with Crippen molar-refractivity contribution in [1.29, 1.82) is 0 Å². The highest BCUT2D eigenvalue weighted by Gasteiger charge is 2.39. The number of nitrogens with zero attached hydrogens (tertiary/aromatic N) is 2. The van der Waals surface area contributed by atoms with Gasteiger partial charge in [-0.25, -0.2) is 4.99 Å². The molecular formula is C22H39IN4O3. The Balaban J connectivity index is 0.00000320. The molecule has 0 saturated carbocycles. The van der Waals surface area contributed by atoms with Crippen LogP contribution in [0.25, 0.3) is 0 Å². The van der Waals surface area contributed by atoms with E-state index < -0.39 is 5.60 Å². The van der Waals surface area contributed by atoms with E-state index in [1.807, 2.05) is 19.9 Å². The van der Waals surface area contributed by atoms with Crippen LogP contribution in [0.3, 0.4) is 0 Å². The predicted molar refractivity (Wildman–Crippen MR) is 131 cm³/mol. The molecule has 0 aliphatic carbocycles. The van der Waals surface area contributed by atoms with E-state index in [1.54, 1.807) is 6.92 Å². The SMILES string of the molecule is CCNC(=NCC(C)(O)c1cc(C)oc1C)NCC1(N2CCCC2)CCOCC1.I. The van der Waals surface area contributed by atoms with Crippen LogP contribution < -0.4 is 10.6 Å². The zero-order valence-corrected chi connectivity index (χ0v) is 21.3. The Morgan fingerprint density at radius 1 is 1.23 bits per heavy atom. The molecular weight excluding hydrogens is 495 g/mol. The van der Waals surface area contributed by atoms with Gasteiger partial charge in [-0.2, -0.15) is 0 Å². The quantitative estimate of drug-likeness (QED) is 0.284. The molecule has 0 spiro atoms. The lowest BCUT2D eigenvalue weighted by molar-refractivity contribution is -0.0164. The van der Waals surface area contributed by atoms with E-state index in [1.165, 1.54) is 25.9 Å². The monoisotopic (exact) mass is 534 g/mol. The third-order valence-electron chi connectivity index (χ3n) is 6.30. The van der Waals surface area contributed by atoms with Crippen molar-refractivity contribution in [3.05, 3.63) is 23.2 Å². The number of furan rings is 1. The van der Waals surface area contributed by atoms with E-state index in [2.05, 4.69) is 22.5 Å². The van der Waals surface area contributed by atoms with Gasteiger partial charge in [0.2, 0.25) is 0 Å². The highest BCUT2D eigenvalue weighted by molar-refractivity contribution is 14.0. The molecule has 3 N–H and O–H groups in total. The first-order valence-electron chi connectivity index (χ1n) is 11.0. The number of nitrogens with one attached hydrogen (secondary N) is 2. The molecule has 172 valence electrons. The Hall–Kier alpha value is -0.840. The molecule has 2 fully saturated rings. The number of ether oxygens (including phenoxy) is 1. The Labute approximate surface area is 198 Å². The third-order valence-corrected chi connectivity index (χ3v) is 6.30. The molecule has 3 rings (SSSR count). The number of hydrogen-bond donors (Lipinski definition) is 3. The minimum Gasteiger partial charge on any atom is -0.466 e. The predicted octanol–water partition coefficient (Wildman–Crippen LogP) is 2.92. The molecule has 2 saturated heterocycles. The number of rotatable bonds is 7. The summed E-state index contributed by atoms with van der Waals surface area (Å²) in [4.78, 5) is 7.35. The standard InChI is InChI=1S/C22H38N4O3.HI/c1-5-23-20(24-15-21(4,27)19-14-17(2)29-18(19)3)25-16-22(8-12-28-13-9-22)26-10-6-7-11-26;/h14,27H,5-13,15-16H2,1-4H3,(H2,23,24,25);1H. The van der Waals surface area contributed by atoms with Crippen molar-refractivity contribution in [2.45, 2.75) is 64.5 Å². The van der Waals surface area contributed by atoms with Crippen molar-refractivity contribution in [1.82, 2.24) is 15.5 Å². The van der Waals surface area contributed by atoms with Gasteiger partial charge in [-0.05, 0) is 72.5 Å². The maximum Gasteiger partial charge on any atom is 0.191 e. The van der Waals surface area contributed by atoms with Crippen molar-refractivity contribution >= 4 is 29.9 Å². The first-order chi connectivity index (χ1) is 13.9. The topological polar surface area (TPSA) is 82.3 Å². The Morgan fingerprint density at radius 2 is 1.90 bits per heavy atom. The number of aryl methyl sites for hydroxylation is 2. The van der Waals surface area contributed by atoms with E-state index >= 15 is 0 Å². The van der Waals surface area contributed by atoms with Crippen molar-refractivity contribution in [2.75, 3.05) is 45.9 Å². The van der Waals surface area contributed by atoms with Crippen LogP contribution in [0.2, 0.25) is 0 Å². The maximum absolute atomic E-state index is 11.0. The summed E-state index contributed by atoms with van der Waals surface area (Å²) in [7, 11) is 0. The van der Waals surface area contributed by atoms with Crippen LogP contribution in [0.1, 0.15) is 56.6 Å².